The molecule has 0 bridgehead atoms. The summed E-state index contributed by atoms with van der Waals surface area (Å²) in [6.45, 7) is 5.69. The Morgan fingerprint density at radius 3 is 2.91 bits per heavy atom. The van der Waals surface area contributed by atoms with E-state index < -0.39 is 0 Å². The van der Waals surface area contributed by atoms with E-state index in [1.165, 1.54) is 5.56 Å². The summed E-state index contributed by atoms with van der Waals surface area (Å²) in [4.78, 5) is 3.94. The van der Waals surface area contributed by atoms with Gasteiger partial charge in [-0.3, -0.25) is 4.90 Å². The van der Waals surface area contributed by atoms with Crippen LogP contribution in [0, 0.1) is 0 Å². The van der Waals surface area contributed by atoms with Crippen LogP contribution in [-0.2, 0) is 12.1 Å². The third-order valence-corrected chi connectivity index (χ3v) is 3.93. The van der Waals surface area contributed by atoms with Crippen LogP contribution < -0.4 is 0 Å². The van der Waals surface area contributed by atoms with Gasteiger partial charge in [0.15, 0.2) is 0 Å². The first-order chi connectivity index (χ1) is 5.12. The molecule has 0 saturated heterocycles. The third-order valence-electron chi connectivity index (χ3n) is 2.66. The van der Waals surface area contributed by atoms with Crippen molar-refractivity contribution < 1.29 is 0 Å². The minimum Gasteiger partial charge on any atom is -0.292 e. The Hall–Kier alpha value is -0.340. The van der Waals surface area contributed by atoms with Gasteiger partial charge in [0, 0.05) is 11.4 Å². The Morgan fingerprint density at radius 1 is 1.55 bits per heavy atom. The molecule has 0 amide bonds. The van der Waals surface area contributed by atoms with E-state index in [1.54, 1.807) is 4.88 Å². The van der Waals surface area contributed by atoms with Crippen LogP contribution in [0.4, 0.5) is 0 Å². The van der Waals surface area contributed by atoms with Crippen molar-refractivity contribution in [2.75, 3.05) is 7.05 Å². The number of fused-ring (bicyclic) bond motifs is 1. The van der Waals surface area contributed by atoms with Crippen LogP contribution in [0.5, 0.6) is 0 Å². The fourth-order valence-electron chi connectivity index (χ4n) is 1.62. The fraction of sp³-hybridized carbons (Fsp3) is 0.556. The molecular weight excluding hydrogens is 154 g/mol. The van der Waals surface area contributed by atoms with Crippen LogP contribution >= 0.6 is 11.3 Å². The Kier molecular flexibility index (Phi) is 1.38. The fourth-order valence-corrected chi connectivity index (χ4v) is 2.72. The van der Waals surface area contributed by atoms with Crippen LogP contribution in [0.25, 0.3) is 0 Å². The smallest absolute Gasteiger partial charge is 0.0500 e. The van der Waals surface area contributed by atoms with Crippen LogP contribution in [-0.4, -0.2) is 11.9 Å². The molecule has 2 rings (SSSR count). The molecule has 1 aromatic rings. The lowest BCUT2D eigenvalue weighted by Gasteiger charge is -2.27. The van der Waals surface area contributed by atoms with Gasteiger partial charge in [0.1, 0.15) is 0 Å². The Labute approximate surface area is 71.7 Å². The van der Waals surface area contributed by atoms with Gasteiger partial charge in [0.25, 0.3) is 0 Å². The summed E-state index contributed by atoms with van der Waals surface area (Å²) in [5.74, 6) is 0. The maximum absolute atomic E-state index is 2.40. The van der Waals surface area contributed by atoms with E-state index in [4.69, 9.17) is 0 Å². The monoisotopic (exact) mass is 167 g/mol. The average molecular weight is 167 g/mol. The maximum Gasteiger partial charge on any atom is 0.0500 e. The molecule has 0 fully saturated rings. The van der Waals surface area contributed by atoms with Gasteiger partial charge in [0.05, 0.1) is 5.54 Å². The van der Waals surface area contributed by atoms with E-state index in [2.05, 4.69) is 37.2 Å². The topological polar surface area (TPSA) is 3.24 Å². The SMILES string of the molecule is CN1Cc2ccsc2C1(C)C. The van der Waals surface area contributed by atoms with Crippen molar-refractivity contribution in [3.63, 3.8) is 0 Å². The first-order valence-corrected chi connectivity index (χ1v) is 4.78. The summed E-state index contributed by atoms with van der Waals surface area (Å²) in [6.07, 6.45) is 0. The quantitative estimate of drug-likeness (QED) is 0.573. The van der Waals surface area contributed by atoms with E-state index in [9.17, 15) is 0 Å². The van der Waals surface area contributed by atoms with E-state index in [-0.39, 0.29) is 5.54 Å². The van der Waals surface area contributed by atoms with Crippen molar-refractivity contribution >= 4 is 11.3 Å². The number of hydrogen-bond donors (Lipinski definition) is 0. The number of hydrogen-bond acceptors (Lipinski definition) is 2. The van der Waals surface area contributed by atoms with Crippen molar-refractivity contribution in [3.05, 3.63) is 21.9 Å². The summed E-state index contributed by atoms with van der Waals surface area (Å²) in [6, 6.07) is 2.24. The first kappa shape index (κ1) is 7.32. The Morgan fingerprint density at radius 2 is 2.27 bits per heavy atom. The minimum absolute atomic E-state index is 0.267. The van der Waals surface area contributed by atoms with Crippen LogP contribution in [0.1, 0.15) is 24.3 Å². The molecule has 0 N–H and O–H groups in total. The van der Waals surface area contributed by atoms with E-state index in [0.29, 0.717) is 0 Å². The summed E-state index contributed by atoms with van der Waals surface area (Å²) < 4.78 is 0. The Bertz CT molecular complexity index is 275. The van der Waals surface area contributed by atoms with Crippen molar-refractivity contribution in [1.82, 2.24) is 4.90 Å². The molecule has 0 radical (unpaired) electrons. The molecule has 0 aromatic carbocycles. The maximum atomic E-state index is 2.40. The van der Waals surface area contributed by atoms with E-state index in [0.717, 1.165) is 6.54 Å². The van der Waals surface area contributed by atoms with Gasteiger partial charge in [0.2, 0.25) is 0 Å². The number of nitrogens with zero attached hydrogens (tertiary/aromatic N) is 1. The molecule has 0 spiro atoms. The van der Waals surface area contributed by atoms with Gasteiger partial charge in [-0.25, -0.2) is 0 Å². The van der Waals surface area contributed by atoms with Gasteiger partial charge >= 0.3 is 0 Å². The lowest BCUT2D eigenvalue weighted by Crippen LogP contribution is -2.31. The largest absolute Gasteiger partial charge is 0.292 e. The summed E-state index contributed by atoms with van der Waals surface area (Å²) in [7, 11) is 2.19. The molecule has 11 heavy (non-hydrogen) atoms. The predicted molar refractivity (Wildman–Crippen MR) is 48.8 cm³/mol. The van der Waals surface area contributed by atoms with Gasteiger partial charge in [-0.2, -0.15) is 0 Å². The predicted octanol–water partition coefficient (Wildman–Crippen LogP) is 2.43. The molecule has 1 aliphatic heterocycles. The molecule has 2 heteroatoms. The van der Waals surface area contributed by atoms with Crippen molar-refractivity contribution in [1.29, 1.82) is 0 Å². The molecule has 0 aliphatic carbocycles. The number of rotatable bonds is 0. The second kappa shape index (κ2) is 2.08. The zero-order valence-electron chi connectivity index (χ0n) is 7.22. The van der Waals surface area contributed by atoms with Crippen molar-refractivity contribution in [2.24, 2.45) is 0 Å². The zero-order valence-corrected chi connectivity index (χ0v) is 8.03. The lowest BCUT2D eigenvalue weighted by molar-refractivity contribution is 0.181. The standard InChI is InChI=1S/C9H13NS/c1-9(2)8-7(4-5-11-8)6-10(9)3/h4-5H,6H2,1-3H3. The molecule has 0 unspecified atom stereocenters. The highest BCUT2D eigenvalue weighted by Crippen LogP contribution is 2.40. The van der Waals surface area contributed by atoms with Crippen LogP contribution in [0.3, 0.4) is 0 Å². The summed E-state index contributed by atoms with van der Waals surface area (Å²) in [5, 5.41) is 2.19. The molecular formula is C9H13NS. The molecule has 2 heterocycles. The summed E-state index contributed by atoms with van der Waals surface area (Å²) in [5.41, 5.74) is 1.78. The lowest BCUT2D eigenvalue weighted by atomic mass is 10.0. The Balaban J connectivity index is 2.52. The molecule has 1 nitrogen and oxygen atoms in total. The van der Waals surface area contributed by atoms with Crippen LogP contribution in [0.2, 0.25) is 0 Å². The molecule has 1 aliphatic rings. The number of thiophene rings is 1. The van der Waals surface area contributed by atoms with Crippen molar-refractivity contribution in [2.45, 2.75) is 25.9 Å². The van der Waals surface area contributed by atoms with Gasteiger partial charge in [-0.15, -0.1) is 11.3 Å². The van der Waals surface area contributed by atoms with E-state index in [1.807, 2.05) is 11.3 Å². The highest BCUT2D eigenvalue weighted by molar-refractivity contribution is 7.10. The molecule has 60 valence electrons. The van der Waals surface area contributed by atoms with Gasteiger partial charge in [-0.05, 0) is 37.9 Å². The average Bonchev–Trinajstić information content (AvgIpc) is 2.41. The molecule has 0 atom stereocenters. The van der Waals surface area contributed by atoms with E-state index >= 15 is 0 Å². The van der Waals surface area contributed by atoms with Crippen molar-refractivity contribution in [3.8, 4) is 0 Å². The second-order valence-corrected chi connectivity index (χ2v) is 4.61. The zero-order chi connectivity index (χ0) is 8.06. The highest BCUT2D eigenvalue weighted by atomic mass is 32.1. The summed E-state index contributed by atoms with van der Waals surface area (Å²) >= 11 is 1.88. The third kappa shape index (κ3) is 0.861. The van der Waals surface area contributed by atoms with Gasteiger partial charge in [-0.1, -0.05) is 0 Å². The molecule has 1 aromatic heterocycles. The second-order valence-electron chi connectivity index (χ2n) is 3.69. The van der Waals surface area contributed by atoms with Crippen LogP contribution in [0.15, 0.2) is 11.4 Å². The normalized spacial score (nSPS) is 22.1. The minimum atomic E-state index is 0.267. The first-order valence-electron chi connectivity index (χ1n) is 3.90. The molecule has 0 saturated carbocycles. The highest BCUT2D eigenvalue weighted by Gasteiger charge is 2.35. The van der Waals surface area contributed by atoms with Gasteiger partial charge < -0.3 is 0 Å².